The lowest BCUT2D eigenvalue weighted by atomic mass is 10.0. The topological polar surface area (TPSA) is 72.0 Å². The van der Waals surface area contributed by atoms with Crippen molar-refractivity contribution in [2.75, 3.05) is 0 Å². The van der Waals surface area contributed by atoms with Gasteiger partial charge < -0.3 is 9.63 Å². The van der Waals surface area contributed by atoms with E-state index in [1.54, 1.807) is 24.4 Å². The molecule has 0 unspecified atom stereocenters. The summed E-state index contributed by atoms with van der Waals surface area (Å²) in [4.78, 5) is 7.47. The number of aromatic nitrogens is 3. The Morgan fingerprint density at radius 2 is 1.79 bits per heavy atom. The fraction of sp³-hybridized carbons (Fsp3) is 0.188. The molecule has 0 saturated heterocycles. The van der Waals surface area contributed by atoms with E-state index < -0.39 is 18.2 Å². The van der Waals surface area contributed by atoms with E-state index in [4.69, 9.17) is 0 Å². The number of aliphatic hydroxyl groups excluding tert-OH is 1. The van der Waals surface area contributed by atoms with Crippen molar-refractivity contribution >= 4 is 0 Å². The minimum absolute atomic E-state index is 0.170. The summed E-state index contributed by atoms with van der Waals surface area (Å²) in [5, 5.41) is 13.6. The summed E-state index contributed by atoms with van der Waals surface area (Å²) in [6.07, 6.45) is -3.97. The van der Waals surface area contributed by atoms with E-state index in [0.29, 0.717) is 16.8 Å². The molecule has 5 nitrogen and oxygen atoms in total. The molecule has 1 N–H and O–H groups in total. The zero-order chi connectivity index (χ0) is 17.3. The van der Waals surface area contributed by atoms with Crippen LogP contribution < -0.4 is 0 Å². The van der Waals surface area contributed by atoms with Crippen LogP contribution in [0.3, 0.4) is 0 Å². The maximum absolute atomic E-state index is 12.5. The molecule has 0 fully saturated rings. The highest BCUT2D eigenvalue weighted by Gasteiger charge is 2.38. The van der Waals surface area contributed by atoms with Gasteiger partial charge in [-0.2, -0.15) is 18.2 Å². The molecule has 0 aliphatic heterocycles. The van der Waals surface area contributed by atoms with Crippen LogP contribution >= 0.6 is 0 Å². The Labute approximate surface area is 134 Å². The molecule has 0 spiro atoms. The molecular weight excluding hydrogens is 323 g/mol. The van der Waals surface area contributed by atoms with Gasteiger partial charge in [-0.3, -0.25) is 4.98 Å². The van der Waals surface area contributed by atoms with Gasteiger partial charge in [0.05, 0.1) is 5.69 Å². The predicted molar refractivity (Wildman–Crippen MR) is 77.8 cm³/mol. The third-order valence-corrected chi connectivity index (χ3v) is 3.37. The average molecular weight is 335 g/mol. The maximum Gasteiger partial charge on any atom is 0.471 e. The molecule has 0 amide bonds. The molecule has 0 saturated carbocycles. The number of benzene rings is 1. The van der Waals surface area contributed by atoms with Crippen LogP contribution in [0.4, 0.5) is 13.2 Å². The number of aryl methyl sites for hydroxylation is 1. The van der Waals surface area contributed by atoms with Crippen LogP contribution in [-0.4, -0.2) is 20.2 Å². The molecule has 3 aromatic rings. The molecule has 8 heteroatoms. The Bertz CT molecular complexity index is 827. The van der Waals surface area contributed by atoms with Crippen LogP contribution in [0.1, 0.15) is 28.8 Å². The summed E-state index contributed by atoms with van der Waals surface area (Å²) in [7, 11) is 0. The van der Waals surface area contributed by atoms with Gasteiger partial charge in [0, 0.05) is 11.8 Å². The van der Waals surface area contributed by atoms with Crippen molar-refractivity contribution in [1.82, 2.24) is 15.1 Å². The summed E-state index contributed by atoms with van der Waals surface area (Å²) in [5.74, 6) is -1.57. The number of pyridine rings is 1. The molecule has 3 rings (SSSR count). The summed E-state index contributed by atoms with van der Waals surface area (Å²) in [5.41, 5.74) is 2.35. The molecule has 124 valence electrons. The molecule has 24 heavy (non-hydrogen) atoms. The van der Waals surface area contributed by atoms with E-state index in [-0.39, 0.29) is 5.82 Å². The van der Waals surface area contributed by atoms with Gasteiger partial charge in [0.2, 0.25) is 5.82 Å². The molecule has 0 radical (unpaired) electrons. The van der Waals surface area contributed by atoms with E-state index in [9.17, 15) is 18.3 Å². The molecule has 0 aliphatic rings. The molecule has 2 heterocycles. The monoisotopic (exact) mass is 335 g/mol. The Kier molecular flexibility index (Phi) is 4.06. The van der Waals surface area contributed by atoms with Crippen molar-refractivity contribution in [1.29, 1.82) is 0 Å². The predicted octanol–water partition coefficient (Wildman–Crippen LogP) is 3.54. The second kappa shape index (κ2) is 6.04. The first-order chi connectivity index (χ1) is 11.3. The van der Waals surface area contributed by atoms with Gasteiger partial charge in [0.15, 0.2) is 0 Å². The van der Waals surface area contributed by atoms with Crippen LogP contribution in [0.2, 0.25) is 0 Å². The Morgan fingerprint density at radius 1 is 1.08 bits per heavy atom. The molecule has 0 bridgehead atoms. The van der Waals surface area contributed by atoms with Gasteiger partial charge in [0.25, 0.3) is 0 Å². The molecule has 1 atom stereocenters. The van der Waals surface area contributed by atoms with Crippen LogP contribution in [-0.2, 0) is 6.18 Å². The van der Waals surface area contributed by atoms with E-state index in [1.165, 1.54) is 12.1 Å². The first-order valence-corrected chi connectivity index (χ1v) is 6.96. The van der Waals surface area contributed by atoms with E-state index in [2.05, 4.69) is 19.6 Å². The van der Waals surface area contributed by atoms with Gasteiger partial charge >= 0.3 is 12.1 Å². The third-order valence-electron chi connectivity index (χ3n) is 3.37. The van der Waals surface area contributed by atoms with E-state index in [1.807, 2.05) is 13.0 Å². The standard InChI is InChI=1S/C16H12F3N3O2/c1-9-2-7-12(20-8-9)13(23)10-3-5-11(6-4-10)14-21-15(24-22-14)16(17,18)19/h2-8,13,23H,1H3/t13-/m0/s1. The van der Waals surface area contributed by atoms with Gasteiger partial charge in [-0.25, -0.2) is 0 Å². The number of alkyl halides is 3. The van der Waals surface area contributed by atoms with E-state index >= 15 is 0 Å². The van der Waals surface area contributed by atoms with Gasteiger partial charge in [-0.15, -0.1) is 0 Å². The van der Waals surface area contributed by atoms with Gasteiger partial charge in [0.1, 0.15) is 6.10 Å². The average Bonchev–Trinajstić information content (AvgIpc) is 3.05. The lowest BCUT2D eigenvalue weighted by molar-refractivity contribution is -0.159. The van der Waals surface area contributed by atoms with Crippen molar-refractivity contribution in [3.8, 4) is 11.4 Å². The zero-order valence-corrected chi connectivity index (χ0v) is 12.4. The number of aliphatic hydroxyl groups is 1. The first-order valence-electron chi connectivity index (χ1n) is 6.96. The lowest BCUT2D eigenvalue weighted by Gasteiger charge is -2.11. The van der Waals surface area contributed by atoms with Crippen molar-refractivity contribution in [3.05, 3.63) is 65.3 Å². The van der Waals surface area contributed by atoms with Crippen LogP contribution in [0.15, 0.2) is 47.1 Å². The summed E-state index contributed by atoms with van der Waals surface area (Å²) in [6, 6.07) is 9.71. The second-order valence-electron chi connectivity index (χ2n) is 5.21. The number of nitrogens with zero attached hydrogens (tertiary/aromatic N) is 3. The van der Waals surface area contributed by atoms with E-state index in [0.717, 1.165) is 5.56 Å². The van der Waals surface area contributed by atoms with Crippen molar-refractivity contribution in [2.24, 2.45) is 0 Å². The lowest BCUT2D eigenvalue weighted by Crippen LogP contribution is -2.04. The third kappa shape index (κ3) is 3.28. The summed E-state index contributed by atoms with van der Waals surface area (Å²) in [6.45, 7) is 1.89. The Hall–Kier alpha value is -2.74. The SMILES string of the molecule is Cc1ccc([C@@H](O)c2ccc(-c3noc(C(F)(F)F)n3)cc2)nc1. The first kappa shape index (κ1) is 16.1. The highest BCUT2D eigenvalue weighted by atomic mass is 19.4. The number of rotatable bonds is 3. The minimum Gasteiger partial charge on any atom is -0.382 e. The largest absolute Gasteiger partial charge is 0.471 e. The van der Waals surface area contributed by atoms with Crippen molar-refractivity contribution in [2.45, 2.75) is 19.2 Å². The van der Waals surface area contributed by atoms with Crippen LogP contribution in [0.25, 0.3) is 11.4 Å². The molecular formula is C16H12F3N3O2. The van der Waals surface area contributed by atoms with Crippen LogP contribution in [0, 0.1) is 6.92 Å². The maximum atomic E-state index is 12.5. The smallest absolute Gasteiger partial charge is 0.382 e. The molecule has 0 aliphatic carbocycles. The number of hydrogen-bond acceptors (Lipinski definition) is 5. The summed E-state index contributed by atoms with van der Waals surface area (Å²) < 4.78 is 41.6. The van der Waals surface area contributed by atoms with Crippen molar-refractivity contribution < 1.29 is 22.8 Å². The normalized spacial score (nSPS) is 13.0. The van der Waals surface area contributed by atoms with Gasteiger partial charge in [-0.05, 0) is 24.1 Å². The summed E-state index contributed by atoms with van der Waals surface area (Å²) >= 11 is 0. The second-order valence-corrected chi connectivity index (χ2v) is 5.21. The zero-order valence-electron chi connectivity index (χ0n) is 12.4. The highest BCUT2D eigenvalue weighted by molar-refractivity contribution is 5.55. The quantitative estimate of drug-likeness (QED) is 0.792. The minimum atomic E-state index is -4.68. The fourth-order valence-electron chi connectivity index (χ4n) is 2.08. The van der Waals surface area contributed by atoms with Crippen molar-refractivity contribution in [3.63, 3.8) is 0 Å². The fourth-order valence-corrected chi connectivity index (χ4v) is 2.08. The molecule has 2 aromatic heterocycles. The Balaban J connectivity index is 1.82. The molecule has 1 aromatic carbocycles. The number of hydrogen-bond donors (Lipinski definition) is 1. The highest BCUT2D eigenvalue weighted by Crippen LogP contribution is 2.30. The van der Waals surface area contributed by atoms with Gasteiger partial charge in [-0.1, -0.05) is 35.5 Å². The Morgan fingerprint density at radius 3 is 2.33 bits per heavy atom. The number of halogens is 3. The van der Waals surface area contributed by atoms with Crippen LogP contribution in [0.5, 0.6) is 0 Å².